The summed E-state index contributed by atoms with van der Waals surface area (Å²) in [5.41, 5.74) is -0.452. The molecular weight excluding hydrogens is 327 g/mol. The van der Waals surface area contributed by atoms with Gasteiger partial charge >= 0.3 is 5.97 Å². The van der Waals surface area contributed by atoms with Crippen LogP contribution in [0.15, 0.2) is 33.6 Å². The van der Waals surface area contributed by atoms with Gasteiger partial charge in [-0.3, -0.25) is 0 Å². The largest absolute Gasteiger partial charge is 0.465 e. The molecule has 0 aliphatic heterocycles. The van der Waals surface area contributed by atoms with Gasteiger partial charge in [0.1, 0.15) is 28.8 Å². The number of nitrogens with one attached hydrogen (secondary N) is 1. The molecule has 0 saturated carbocycles. The third-order valence-electron chi connectivity index (χ3n) is 2.94. The molecule has 0 radical (unpaired) electrons. The number of rotatable bonds is 4. The zero-order chi connectivity index (χ0) is 17.2. The van der Waals surface area contributed by atoms with Crippen LogP contribution in [0.4, 0.5) is 10.3 Å². The van der Waals surface area contributed by atoms with Crippen LogP contribution in [0.2, 0.25) is 0 Å². The highest BCUT2D eigenvalue weighted by molar-refractivity contribution is 7.92. The number of halogens is 1. The van der Waals surface area contributed by atoms with Gasteiger partial charge in [-0.2, -0.15) is 5.26 Å². The minimum atomic E-state index is -4.11. The number of furan rings is 1. The van der Waals surface area contributed by atoms with Crippen LogP contribution in [-0.2, 0) is 14.8 Å². The Labute approximate surface area is 131 Å². The summed E-state index contributed by atoms with van der Waals surface area (Å²) in [5.74, 6) is -1.79. The predicted molar refractivity (Wildman–Crippen MR) is 76.7 cm³/mol. The molecule has 120 valence electrons. The lowest BCUT2D eigenvalue weighted by Crippen LogP contribution is -2.13. The van der Waals surface area contributed by atoms with Gasteiger partial charge in [-0.05, 0) is 31.2 Å². The highest BCUT2D eigenvalue weighted by Crippen LogP contribution is 2.29. The summed E-state index contributed by atoms with van der Waals surface area (Å²) >= 11 is 0. The molecule has 0 atom stereocenters. The van der Waals surface area contributed by atoms with Crippen molar-refractivity contribution in [3.63, 3.8) is 0 Å². The normalized spacial score (nSPS) is 10.9. The average Bonchev–Trinajstić information content (AvgIpc) is 2.81. The maximum absolute atomic E-state index is 12.9. The molecule has 23 heavy (non-hydrogen) atoms. The maximum atomic E-state index is 12.9. The fourth-order valence-corrected chi connectivity index (χ4v) is 2.87. The standard InChI is InChI=1S/C14H11FN2O5S/c1-8-12(14(18)21-2)11(7-16)13(22-8)17-23(19,20)10-5-3-9(15)4-6-10/h3-6,17H,1-2H3. The minimum Gasteiger partial charge on any atom is -0.465 e. The molecular formula is C14H11FN2O5S. The van der Waals surface area contributed by atoms with Gasteiger partial charge in [0.05, 0.1) is 12.0 Å². The van der Waals surface area contributed by atoms with Crippen molar-refractivity contribution in [2.75, 3.05) is 11.8 Å². The first-order valence-corrected chi connectivity index (χ1v) is 7.68. The smallest absolute Gasteiger partial charge is 0.342 e. The topological polar surface area (TPSA) is 109 Å². The summed E-state index contributed by atoms with van der Waals surface area (Å²) in [6, 6.07) is 5.77. The molecule has 0 spiro atoms. The van der Waals surface area contributed by atoms with Crippen LogP contribution in [0, 0.1) is 24.1 Å². The number of hydrogen-bond acceptors (Lipinski definition) is 6. The SMILES string of the molecule is COC(=O)c1c(C)oc(NS(=O)(=O)c2ccc(F)cc2)c1C#N. The monoisotopic (exact) mass is 338 g/mol. The number of ether oxygens (including phenoxy) is 1. The van der Waals surface area contributed by atoms with Gasteiger partial charge in [-0.25, -0.2) is 22.3 Å². The molecule has 2 rings (SSSR count). The van der Waals surface area contributed by atoms with Gasteiger partial charge in [0.25, 0.3) is 10.0 Å². The van der Waals surface area contributed by atoms with E-state index in [1.165, 1.54) is 6.92 Å². The first kappa shape index (κ1) is 16.5. The Balaban J connectivity index is 2.46. The van der Waals surface area contributed by atoms with Crippen molar-refractivity contribution < 1.29 is 26.8 Å². The Morgan fingerprint density at radius 2 is 1.96 bits per heavy atom. The number of carbonyl (C=O) groups excluding carboxylic acids is 1. The second-order valence-electron chi connectivity index (χ2n) is 4.40. The second-order valence-corrected chi connectivity index (χ2v) is 6.08. The molecule has 7 nitrogen and oxygen atoms in total. The van der Waals surface area contributed by atoms with Crippen molar-refractivity contribution in [3.05, 3.63) is 47.0 Å². The molecule has 1 heterocycles. The van der Waals surface area contributed by atoms with E-state index in [9.17, 15) is 17.6 Å². The lowest BCUT2D eigenvalue weighted by atomic mass is 10.1. The lowest BCUT2D eigenvalue weighted by molar-refractivity contribution is 0.0598. The van der Waals surface area contributed by atoms with E-state index in [-0.39, 0.29) is 21.8 Å². The van der Waals surface area contributed by atoms with E-state index in [0.29, 0.717) is 0 Å². The molecule has 0 bridgehead atoms. The number of anilines is 1. The number of methoxy groups -OCH3 is 1. The summed E-state index contributed by atoms with van der Waals surface area (Å²) < 4.78 is 49.1. The van der Waals surface area contributed by atoms with E-state index in [2.05, 4.69) is 9.46 Å². The second kappa shape index (κ2) is 6.10. The van der Waals surface area contributed by atoms with Gasteiger partial charge in [-0.1, -0.05) is 0 Å². The van der Waals surface area contributed by atoms with Gasteiger partial charge in [-0.15, -0.1) is 0 Å². The molecule has 2 aromatic rings. The summed E-state index contributed by atoms with van der Waals surface area (Å²) in [5, 5.41) is 9.16. The zero-order valence-corrected chi connectivity index (χ0v) is 12.9. The van der Waals surface area contributed by atoms with Gasteiger partial charge in [0.15, 0.2) is 0 Å². The van der Waals surface area contributed by atoms with Crippen molar-refractivity contribution in [1.29, 1.82) is 5.26 Å². The molecule has 0 unspecified atom stereocenters. The molecule has 0 saturated heterocycles. The Kier molecular flexibility index (Phi) is 4.38. The maximum Gasteiger partial charge on any atom is 0.342 e. The van der Waals surface area contributed by atoms with Crippen molar-refractivity contribution in [2.45, 2.75) is 11.8 Å². The van der Waals surface area contributed by atoms with E-state index in [1.54, 1.807) is 6.07 Å². The highest BCUT2D eigenvalue weighted by Gasteiger charge is 2.27. The van der Waals surface area contributed by atoms with Crippen molar-refractivity contribution in [3.8, 4) is 6.07 Å². The predicted octanol–water partition coefficient (Wildman–Crippen LogP) is 2.19. The average molecular weight is 338 g/mol. The lowest BCUT2D eigenvalue weighted by Gasteiger charge is -2.05. The van der Waals surface area contributed by atoms with E-state index in [1.807, 2.05) is 0 Å². The Hall–Kier alpha value is -2.86. The fraction of sp³-hybridized carbons (Fsp3) is 0.143. The van der Waals surface area contributed by atoms with Gasteiger partial charge < -0.3 is 9.15 Å². The first-order chi connectivity index (χ1) is 10.8. The van der Waals surface area contributed by atoms with E-state index in [4.69, 9.17) is 9.68 Å². The summed E-state index contributed by atoms with van der Waals surface area (Å²) in [7, 11) is -2.99. The number of nitrogens with zero attached hydrogens (tertiary/aromatic N) is 1. The molecule has 0 aliphatic carbocycles. The number of nitriles is 1. The van der Waals surface area contributed by atoms with Crippen LogP contribution < -0.4 is 4.72 Å². The van der Waals surface area contributed by atoms with E-state index in [0.717, 1.165) is 31.4 Å². The summed E-state index contributed by atoms with van der Waals surface area (Å²) in [6.07, 6.45) is 0. The third kappa shape index (κ3) is 3.17. The Bertz CT molecular complexity index is 894. The number of sulfonamides is 1. The molecule has 1 aromatic heterocycles. The molecule has 9 heteroatoms. The van der Waals surface area contributed by atoms with Crippen LogP contribution in [0.1, 0.15) is 21.7 Å². The van der Waals surface area contributed by atoms with E-state index < -0.39 is 27.7 Å². The summed E-state index contributed by atoms with van der Waals surface area (Å²) in [4.78, 5) is 11.4. The van der Waals surface area contributed by atoms with Crippen LogP contribution in [0.3, 0.4) is 0 Å². The quantitative estimate of drug-likeness (QED) is 0.856. The number of esters is 1. The molecule has 1 aromatic carbocycles. The van der Waals surface area contributed by atoms with Crippen LogP contribution in [-0.4, -0.2) is 21.5 Å². The van der Waals surface area contributed by atoms with Crippen molar-refractivity contribution in [2.24, 2.45) is 0 Å². The van der Waals surface area contributed by atoms with Gasteiger partial charge in [0.2, 0.25) is 5.88 Å². The van der Waals surface area contributed by atoms with Crippen LogP contribution >= 0.6 is 0 Å². The van der Waals surface area contributed by atoms with Crippen molar-refractivity contribution >= 4 is 21.9 Å². The highest BCUT2D eigenvalue weighted by atomic mass is 32.2. The molecule has 0 amide bonds. The fourth-order valence-electron chi connectivity index (χ4n) is 1.87. The molecule has 1 N–H and O–H groups in total. The van der Waals surface area contributed by atoms with Gasteiger partial charge in [0, 0.05) is 0 Å². The van der Waals surface area contributed by atoms with Crippen LogP contribution in [0.25, 0.3) is 0 Å². The molecule has 0 aliphatic rings. The number of carbonyl (C=O) groups is 1. The molecule has 0 fully saturated rings. The zero-order valence-electron chi connectivity index (χ0n) is 12.1. The first-order valence-electron chi connectivity index (χ1n) is 6.20. The number of aryl methyl sites for hydroxylation is 1. The van der Waals surface area contributed by atoms with Crippen LogP contribution in [0.5, 0.6) is 0 Å². The number of benzene rings is 1. The Morgan fingerprint density at radius 3 is 2.48 bits per heavy atom. The van der Waals surface area contributed by atoms with E-state index >= 15 is 0 Å². The third-order valence-corrected chi connectivity index (χ3v) is 4.28. The summed E-state index contributed by atoms with van der Waals surface area (Å²) in [6.45, 7) is 1.39. The minimum absolute atomic E-state index is 0.0326. The number of hydrogen-bond donors (Lipinski definition) is 1. The van der Waals surface area contributed by atoms with Crippen molar-refractivity contribution in [1.82, 2.24) is 0 Å². The Morgan fingerprint density at radius 1 is 1.35 bits per heavy atom.